The molecule has 0 bridgehead atoms. The number of ether oxygens (including phenoxy) is 2. The average Bonchev–Trinajstić information content (AvgIpc) is 3.17. The van der Waals surface area contributed by atoms with Crippen molar-refractivity contribution in [2.24, 2.45) is 5.92 Å². The van der Waals surface area contributed by atoms with E-state index in [0.29, 0.717) is 12.3 Å². The summed E-state index contributed by atoms with van der Waals surface area (Å²) in [5, 5.41) is 2.70. The van der Waals surface area contributed by atoms with E-state index in [4.69, 9.17) is 9.47 Å². The molecule has 0 aromatic rings. The molecular formula is C15H26N2O4. The van der Waals surface area contributed by atoms with E-state index in [0.717, 1.165) is 12.8 Å². The van der Waals surface area contributed by atoms with Gasteiger partial charge in [-0.15, -0.1) is 0 Å². The molecule has 21 heavy (non-hydrogen) atoms. The van der Waals surface area contributed by atoms with Crippen molar-refractivity contribution in [3.8, 4) is 0 Å². The van der Waals surface area contributed by atoms with Crippen molar-refractivity contribution in [1.29, 1.82) is 0 Å². The van der Waals surface area contributed by atoms with Gasteiger partial charge in [0.2, 0.25) is 0 Å². The Hall–Kier alpha value is -1.72. The largest absolute Gasteiger partial charge is 0.444 e. The van der Waals surface area contributed by atoms with Gasteiger partial charge in [-0.2, -0.15) is 0 Å². The van der Waals surface area contributed by atoms with Gasteiger partial charge in [-0.25, -0.2) is 9.59 Å². The van der Waals surface area contributed by atoms with Gasteiger partial charge in [0.05, 0.1) is 0 Å². The summed E-state index contributed by atoms with van der Waals surface area (Å²) in [7, 11) is 1.57. The summed E-state index contributed by atoms with van der Waals surface area (Å²) in [4.78, 5) is 25.6. The normalized spacial score (nSPS) is 15.8. The lowest BCUT2D eigenvalue weighted by Crippen LogP contribution is -2.46. The predicted molar refractivity (Wildman–Crippen MR) is 79.4 cm³/mol. The molecule has 1 amide bonds. The second-order valence-electron chi connectivity index (χ2n) is 6.30. The first-order valence-corrected chi connectivity index (χ1v) is 7.21. The monoisotopic (exact) mass is 298 g/mol. The Bertz CT molecular complexity index is 386. The van der Waals surface area contributed by atoms with Crippen LogP contribution in [0.15, 0.2) is 12.8 Å². The van der Waals surface area contributed by atoms with Crippen molar-refractivity contribution in [2.45, 2.75) is 51.7 Å². The van der Waals surface area contributed by atoms with Crippen LogP contribution in [-0.4, -0.2) is 42.4 Å². The Morgan fingerprint density at radius 2 is 2.05 bits per heavy atom. The number of esters is 1. The Morgan fingerprint density at radius 1 is 1.43 bits per heavy atom. The molecule has 0 spiro atoms. The molecule has 1 aliphatic carbocycles. The zero-order chi connectivity index (χ0) is 16.0. The van der Waals surface area contributed by atoms with E-state index in [2.05, 4.69) is 11.9 Å². The zero-order valence-corrected chi connectivity index (χ0v) is 13.3. The average molecular weight is 298 g/mol. The van der Waals surface area contributed by atoms with Crippen LogP contribution in [0.25, 0.3) is 0 Å². The van der Waals surface area contributed by atoms with Gasteiger partial charge in [0.1, 0.15) is 11.6 Å². The summed E-state index contributed by atoms with van der Waals surface area (Å²) in [6.45, 7) is 8.90. The molecule has 6 nitrogen and oxygen atoms in total. The van der Waals surface area contributed by atoms with E-state index in [1.807, 2.05) is 0 Å². The molecule has 1 rings (SSSR count). The van der Waals surface area contributed by atoms with Gasteiger partial charge >= 0.3 is 12.1 Å². The van der Waals surface area contributed by atoms with Gasteiger partial charge in [0, 0.05) is 7.05 Å². The van der Waals surface area contributed by atoms with Gasteiger partial charge in [0.25, 0.3) is 0 Å². The maximum absolute atomic E-state index is 12.1. The summed E-state index contributed by atoms with van der Waals surface area (Å²) in [6.07, 6.45) is 3.73. The molecule has 1 fully saturated rings. The SMILES string of the molecule is C=CNCOC(=O)[C@H](CC1CC1)N(C)C(=O)OC(C)(C)C. The molecule has 1 saturated carbocycles. The summed E-state index contributed by atoms with van der Waals surface area (Å²) in [6, 6.07) is -0.612. The predicted octanol–water partition coefficient (Wildman–Crippen LogP) is 2.26. The summed E-state index contributed by atoms with van der Waals surface area (Å²) in [5.74, 6) is 0.0596. The fraction of sp³-hybridized carbons (Fsp3) is 0.733. The second-order valence-corrected chi connectivity index (χ2v) is 6.30. The quantitative estimate of drug-likeness (QED) is 0.443. The van der Waals surface area contributed by atoms with Crippen molar-refractivity contribution < 1.29 is 19.1 Å². The maximum Gasteiger partial charge on any atom is 0.410 e. The topological polar surface area (TPSA) is 67.9 Å². The summed E-state index contributed by atoms with van der Waals surface area (Å²) >= 11 is 0. The molecule has 0 heterocycles. The number of likely N-dealkylation sites (N-methyl/N-ethyl adjacent to an activating group) is 1. The highest BCUT2D eigenvalue weighted by molar-refractivity contribution is 5.81. The first-order chi connectivity index (χ1) is 9.74. The fourth-order valence-electron chi connectivity index (χ4n) is 1.81. The van der Waals surface area contributed by atoms with Crippen LogP contribution < -0.4 is 5.32 Å². The molecule has 0 aliphatic heterocycles. The fourth-order valence-corrected chi connectivity index (χ4v) is 1.81. The number of hydrogen-bond donors (Lipinski definition) is 1. The lowest BCUT2D eigenvalue weighted by atomic mass is 10.1. The van der Waals surface area contributed by atoms with Gasteiger partial charge in [-0.3, -0.25) is 4.90 Å². The van der Waals surface area contributed by atoms with Crippen LogP contribution in [0.5, 0.6) is 0 Å². The van der Waals surface area contributed by atoms with E-state index in [1.54, 1.807) is 27.8 Å². The van der Waals surface area contributed by atoms with Gasteiger partial charge in [0.15, 0.2) is 6.73 Å². The lowest BCUT2D eigenvalue weighted by molar-refractivity contribution is -0.150. The molecule has 0 aromatic carbocycles. The summed E-state index contributed by atoms with van der Waals surface area (Å²) < 4.78 is 10.4. The smallest absolute Gasteiger partial charge is 0.410 e. The van der Waals surface area contributed by atoms with Crippen LogP contribution in [0.1, 0.15) is 40.0 Å². The Morgan fingerprint density at radius 3 is 2.52 bits per heavy atom. The molecular weight excluding hydrogens is 272 g/mol. The third-order valence-electron chi connectivity index (χ3n) is 3.12. The Balaban J connectivity index is 2.63. The minimum absolute atomic E-state index is 0.0473. The highest BCUT2D eigenvalue weighted by Gasteiger charge is 2.36. The Kier molecular flexibility index (Phi) is 6.05. The van der Waals surface area contributed by atoms with Gasteiger partial charge < -0.3 is 14.8 Å². The number of nitrogens with zero attached hydrogens (tertiary/aromatic N) is 1. The molecule has 0 radical (unpaired) electrons. The van der Waals surface area contributed by atoms with Crippen molar-refractivity contribution in [1.82, 2.24) is 10.2 Å². The summed E-state index contributed by atoms with van der Waals surface area (Å²) in [5.41, 5.74) is -0.593. The van der Waals surface area contributed by atoms with Crippen molar-refractivity contribution >= 4 is 12.1 Å². The van der Waals surface area contributed by atoms with Crippen LogP contribution in [0.2, 0.25) is 0 Å². The lowest BCUT2D eigenvalue weighted by Gasteiger charge is -2.29. The standard InChI is InChI=1S/C15H26N2O4/c1-6-16-10-20-13(18)12(9-11-7-8-11)17(5)14(19)21-15(2,3)4/h6,11-12,16H,1,7-10H2,2-5H3/t12-/m0/s1. The molecule has 120 valence electrons. The Labute approximate surface area is 126 Å². The maximum atomic E-state index is 12.1. The number of carbonyl (C=O) groups is 2. The zero-order valence-electron chi connectivity index (χ0n) is 13.3. The molecule has 0 aromatic heterocycles. The number of hydrogen-bond acceptors (Lipinski definition) is 5. The second kappa shape index (κ2) is 7.33. The van der Waals surface area contributed by atoms with Gasteiger partial charge in [-0.1, -0.05) is 19.4 Å². The third-order valence-corrected chi connectivity index (χ3v) is 3.12. The van der Waals surface area contributed by atoms with Crippen molar-refractivity contribution in [2.75, 3.05) is 13.8 Å². The van der Waals surface area contributed by atoms with E-state index in [9.17, 15) is 9.59 Å². The first kappa shape index (κ1) is 17.3. The minimum atomic E-state index is -0.612. The molecule has 6 heteroatoms. The van der Waals surface area contributed by atoms with E-state index >= 15 is 0 Å². The molecule has 1 atom stereocenters. The number of amides is 1. The molecule has 0 unspecified atom stereocenters. The van der Waals surface area contributed by atoms with E-state index in [-0.39, 0.29) is 6.73 Å². The highest BCUT2D eigenvalue weighted by atomic mass is 16.6. The van der Waals surface area contributed by atoms with Gasteiger partial charge in [-0.05, 0) is 39.3 Å². The minimum Gasteiger partial charge on any atom is -0.444 e. The van der Waals surface area contributed by atoms with E-state index in [1.165, 1.54) is 11.1 Å². The van der Waals surface area contributed by atoms with Crippen LogP contribution in [0.4, 0.5) is 4.79 Å². The van der Waals surface area contributed by atoms with Crippen molar-refractivity contribution in [3.05, 3.63) is 12.8 Å². The highest BCUT2D eigenvalue weighted by Crippen LogP contribution is 2.35. The number of rotatable bonds is 7. The van der Waals surface area contributed by atoms with Crippen LogP contribution in [0.3, 0.4) is 0 Å². The third kappa shape index (κ3) is 6.51. The van der Waals surface area contributed by atoms with Crippen LogP contribution >= 0.6 is 0 Å². The number of nitrogens with one attached hydrogen (secondary N) is 1. The number of carbonyl (C=O) groups excluding carboxylic acids is 2. The molecule has 1 aliphatic rings. The first-order valence-electron chi connectivity index (χ1n) is 7.21. The molecule has 1 N–H and O–H groups in total. The molecule has 0 saturated heterocycles. The van der Waals surface area contributed by atoms with Crippen molar-refractivity contribution in [3.63, 3.8) is 0 Å². The van der Waals surface area contributed by atoms with Crippen LogP contribution in [0, 0.1) is 5.92 Å². The van der Waals surface area contributed by atoms with Crippen LogP contribution in [-0.2, 0) is 14.3 Å². The van der Waals surface area contributed by atoms with E-state index < -0.39 is 23.7 Å².